The number of aryl methyl sites for hydroxylation is 1. The van der Waals surface area contributed by atoms with Gasteiger partial charge in [0.1, 0.15) is 5.52 Å². The molecule has 5 nitrogen and oxygen atoms in total. The molecule has 0 unspecified atom stereocenters. The van der Waals surface area contributed by atoms with Crippen molar-refractivity contribution < 1.29 is 4.79 Å². The van der Waals surface area contributed by atoms with Gasteiger partial charge in [0.15, 0.2) is 5.13 Å². The molecule has 6 rings (SSSR count). The van der Waals surface area contributed by atoms with E-state index in [1.54, 1.807) is 22.7 Å². The van der Waals surface area contributed by atoms with Gasteiger partial charge in [-0.05, 0) is 42.6 Å². The van der Waals surface area contributed by atoms with E-state index >= 15 is 0 Å². The first-order valence-corrected chi connectivity index (χ1v) is 12.1. The smallest absolute Gasteiger partial charge is 0.258 e. The Balaban J connectivity index is 1.43. The molecule has 8 heteroatoms. The van der Waals surface area contributed by atoms with E-state index in [4.69, 9.17) is 4.98 Å². The molecule has 0 fully saturated rings. The third-order valence-corrected chi connectivity index (χ3v) is 7.80. The van der Waals surface area contributed by atoms with Crippen LogP contribution in [-0.2, 0) is 0 Å². The summed E-state index contributed by atoms with van der Waals surface area (Å²) >= 11 is 4.73. The monoisotopic (exact) mass is 458 g/mol. The summed E-state index contributed by atoms with van der Waals surface area (Å²) in [5, 5.41) is 7.42. The molecule has 0 spiro atoms. The van der Waals surface area contributed by atoms with Crippen molar-refractivity contribution >= 4 is 76.4 Å². The van der Waals surface area contributed by atoms with Crippen LogP contribution in [0.1, 0.15) is 15.4 Å². The number of hydrogen-bond acceptors (Lipinski definition) is 7. The van der Waals surface area contributed by atoms with Crippen molar-refractivity contribution in [3.63, 3.8) is 0 Å². The second-order valence-corrected chi connectivity index (χ2v) is 10.2. The minimum absolute atomic E-state index is 0.193. The number of anilines is 1. The van der Waals surface area contributed by atoms with E-state index in [0.29, 0.717) is 10.7 Å². The lowest BCUT2D eigenvalue weighted by Crippen LogP contribution is -2.12. The fraction of sp³-hybridized carbons (Fsp3) is 0.0435. The average molecular weight is 459 g/mol. The molecule has 0 aliphatic carbocycles. The van der Waals surface area contributed by atoms with Crippen LogP contribution in [0.15, 0.2) is 60.0 Å². The van der Waals surface area contributed by atoms with Crippen LogP contribution in [0.5, 0.6) is 0 Å². The Hall–Kier alpha value is -3.20. The molecule has 31 heavy (non-hydrogen) atoms. The summed E-state index contributed by atoms with van der Waals surface area (Å²) in [5.74, 6) is -0.193. The first kappa shape index (κ1) is 18.6. The standard InChI is InChI=1S/C23H14N4OS3/c1-12-24-20-19(30-12)9-8-16-21(20)31-23(26-16)27-22(28)14-11-17(18-7-4-10-29-18)25-15-6-3-2-5-13(14)15/h2-11H,1H3,(H,26,27,28). The summed E-state index contributed by atoms with van der Waals surface area (Å²) in [4.78, 5) is 28.4. The highest BCUT2D eigenvalue weighted by Crippen LogP contribution is 2.35. The maximum atomic E-state index is 13.3. The number of thiophene rings is 1. The van der Waals surface area contributed by atoms with Gasteiger partial charge in [0, 0.05) is 5.39 Å². The average Bonchev–Trinajstić information content (AvgIpc) is 3.51. The topological polar surface area (TPSA) is 67.8 Å². The van der Waals surface area contributed by atoms with E-state index in [0.717, 1.165) is 46.9 Å². The Morgan fingerprint density at radius 1 is 0.935 bits per heavy atom. The van der Waals surface area contributed by atoms with Gasteiger partial charge in [-0.1, -0.05) is 35.6 Å². The first-order chi connectivity index (χ1) is 15.2. The number of benzene rings is 2. The van der Waals surface area contributed by atoms with E-state index in [2.05, 4.69) is 15.3 Å². The largest absolute Gasteiger partial charge is 0.298 e. The van der Waals surface area contributed by atoms with Gasteiger partial charge < -0.3 is 0 Å². The van der Waals surface area contributed by atoms with E-state index in [-0.39, 0.29) is 5.91 Å². The number of pyridine rings is 1. The van der Waals surface area contributed by atoms with Crippen molar-refractivity contribution in [2.24, 2.45) is 0 Å². The Bertz CT molecular complexity index is 1600. The summed E-state index contributed by atoms with van der Waals surface area (Å²) in [5.41, 5.74) is 3.97. The second kappa shape index (κ2) is 7.19. The lowest BCUT2D eigenvalue weighted by atomic mass is 10.1. The number of thiazole rings is 2. The third kappa shape index (κ3) is 3.20. The van der Waals surface area contributed by atoms with Crippen LogP contribution in [0.4, 0.5) is 5.13 Å². The Kier molecular flexibility index (Phi) is 4.31. The molecular formula is C23H14N4OS3. The number of nitrogens with one attached hydrogen (secondary N) is 1. The molecule has 4 heterocycles. The van der Waals surface area contributed by atoms with Crippen LogP contribution < -0.4 is 5.32 Å². The number of carbonyl (C=O) groups is 1. The van der Waals surface area contributed by atoms with Crippen molar-refractivity contribution in [2.75, 3.05) is 5.32 Å². The lowest BCUT2D eigenvalue weighted by molar-refractivity contribution is 0.102. The minimum atomic E-state index is -0.193. The molecule has 0 saturated carbocycles. The van der Waals surface area contributed by atoms with E-state index in [1.807, 2.05) is 66.9 Å². The van der Waals surface area contributed by atoms with Gasteiger partial charge in [-0.15, -0.1) is 22.7 Å². The van der Waals surface area contributed by atoms with E-state index < -0.39 is 0 Å². The SMILES string of the molecule is Cc1nc2c(ccc3nc(NC(=O)c4cc(-c5cccs5)nc5ccccc45)sc32)s1. The summed E-state index contributed by atoms with van der Waals surface area (Å²) in [6.45, 7) is 2.00. The highest BCUT2D eigenvalue weighted by atomic mass is 32.1. The zero-order valence-corrected chi connectivity index (χ0v) is 18.7. The zero-order valence-electron chi connectivity index (χ0n) is 16.2. The number of fused-ring (bicyclic) bond motifs is 4. The number of carbonyl (C=O) groups excluding carboxylic acids is 1. The number of nitrogens with zero attached hydrogens (tertiary/aromatic N) is 3. The van der Waals surface area contributed by atoms with Gasteiger partial charge in [-0.25, -0.2) is 15.0 Å². The molecule has 0 saturated heterocycles. The van der Waals surface area contributed by atoms with Gasteiger partial charge in [0.05, 0.1) is 41.6 Å². The van der Waals surface area contributed by atoms with Gasteiger partial charge >= 0.3 is 0 Å². The molecule has 0 bridgehead atoms. The van der Waals surface area contributed by atoms with Crippen LogP contribution in [0.3, 0.4) is 0 Å². The maximum Gasteiger partial charge on any atom is 0.258 e. The summed E-state index contributed by atoms with van der Waals surface area (Å²) in [6, 6.07) is 17.6. The highest BCUT2D eigenvalue weighted by Gasteiger charge is 2.17. The van der Waals surface area contributed by atoms with Gasteiger partial charge in [0.2, 0.25) is 0 Å². The van der Waals surface area contributed by atoms with E-state index in [1.165, 1.54) is 11.3 Å². The number of hydrogen-bond donors (Lipinski definition) is 1. The fourth-order valence-corrected chi connectivity index (χ4v) is 6.16. The molecular weight excluding hydrogens is 444 g/mol. The molecule has 0 radical (unpaired) electrons. The molecule has 0 aliphatic rings. The quantitative estimate of drug-likeness (QED) is 0.319. The molecule has 1 N–H and O–H groups in total. The van der Waals surface area contributed by atoms with Crippen LogP contribution in [0.25, 0.3) is 41.9 Å². The zero-order chi connectivity index (χ0) is 20.9. The normalized spacial score (nSPS) is 11.5. The third-order valence-electron chi connectivity index (χ3n) is 4.98. The van der Waals surface area contributed by atoms with Gasteiger partial charge in [-0.2, -0.15) is 0 Å². The van der Waals surface area contributed by atoms with Gasteiger partial charge in [-0.3, -0.25) is 10.1 Å². The predicted molar refractivity (Wildman–Crippen MR) is 131 cm³/mol. The molecule has 0 aliphatic heterocycles. The Morgan fingerprint density at radius 2 is 1.84 bits per heavy atom. The first-order valence-electron chi connectivity index (χ1n) is 9.57. The van der Waals surface area contributed by atoms with Crippen LogP contribution in [0.2, 0.25) is 0 Å². The fourth-order valence-electron chi connectivity index (χ4n) is 3.62. The number of para-hydroxylation sites is 1. The van der Waals surface area contributed by atoms with Crippen molar-refractivity contribution in [1.82, 2.24) is 15.0 Å². The second-order valence-electron chi connectivity index (χ2n) is 7.02. The highest BCUT2D eigenvalue weighted by molar-refractivity contribution is 7.24. The summed E-state index contributed by atoms with van der Waals surface area (Å²) < 4.78 is 2.13. The lowest BCUT2D eigenvalue weighted by Gasteiger charge is -2.08. The van der Waals surface area contributed by atoms with Crippen molar-refractivity contribution in [3.8, 4) is 10.6 Å². The van der Waals surface area contributed by atoms with Crippen molar-refractivity contribution in [1.29, 1.82) is 0 Å². The number of amides is 1. The van der Waals surface area contributed by atoms with Crippen LogP contribution in [0, 0.1) is 6.92 Å². The summed E-state index contributed by atoms with van der Waals surface area (Å²) in [6.07, 6.45) is 0. The molecule has 6 aromatic rings. The van der Waals surface area contributed by atoms with Crippen LogP contribution in [-0.4, -0.2) is 20.9 Å². The van der Waals surface area contributed by atoms with Gasteiger partial charge in [0.25, 0.3) is 5.91 Å². The Labute approximate surface area is 189 Å². The van der Waals surface area contributed by atoms with Crippen LogP contribution >= 0.6 is 34.0 Å². The number of rotatable bonds is 3. The molecule has 150 valence electrons. The minimum Gasteiger partial charge on any atom is -0.298 e. The number of aromatic nitrogens is 3. The molecule has 1 amide bonds. The molecule has 4 aromatic heterocycles. The molecule has 0 atom stereocenters. The predicted octanol–water partition coefficient (Wildman–Crippen LogP) is 6.74. The van der Waals surface area contributed by atoms with E-state index in [9.17, 15) is 4.79 Å². The Morgan fingerprint density at radius 3 is 2.71 bits per heavy atom. The molecule has 2 aromatic carbocycles. The summed E-state index contributed by atoms with van der Waals surface area (Å²) in [7, 11) is 0. The maximum absolute atomic E-state index is 13.3. The van der Waals surface area contributed by atoms with Crippen molar-refractivity contribution in [3.05, 3.63) is 70.5 Å². The van der Waals surface area contributed by atoms with Crippen molar-refractivity contribution in [2.45, 2.75) is 6.92 Å².